The monoisotopic (exact) mass is 369 g/mol. The predicted octanol–water partition coefficient (Wildman–Crippen LogP) is 4.55. The van der Waals surface area contributed by atoms with Crippen LogP contribution in [0.1, 0.15) is 11.1 Å². The Morgan fingerprint density at radius 3 is 2.28 bits per heavy atom. The van der Waals surface area contributed by atoms with Gasteiger partial charge in [0.1, 0.15) is 0 Å². The summed E-state index contributed by atoms with van der Waals surface area (Å²) < 4.78 is 1.98. The zero-order chi connectivity index (χ0) is 13.3. The van der Waals surface area contributed by atoms with Crippen LogP contribution < -0.4 is 11.1 Å². The molecular formula is C13H13Br2N3. The van der Waals surface area contributed by atoms with E-state index < -0.39 is 0 Å². The van der Waals surface area contributed by atoms with Crippen LogP contribution in [0, 0.1) is 13.8 Å². The molecule has 2 aromatic rings. The highest BCUT2D eigenvalue weighted by Crippen LogP contribution is 2.32. The molecule has 1 aromatic heterocycles. The Kier molecular flexibility index (Phi) is 3.92. The molecular weight excluding hydrogens is 358 g/mol. The fraction of sp³-hybridized carbons (Fsp3) is 0.154. The number of nitrogen functional groups attached to an aromatic ring is 1. The van der Waals surface area contributed by atoms with E-state index in [0.29, 0.717) is 5.69 Å². The Morgan fingerprint density at radius 1 is 1.11 bits per heavy atom. The minimum Gasteiger partial charge on any atom is -0.396 e. The van der Waals surface area contributed by atoms with Gasteiger partial charge in [-0.25, -0.2) is 0 Å². The van der Waals surface area contributed by atoms with Crippen LogP contribution in [0.3, 0.4) is 0 Å². The van der Waals surface area contributed by atoms with Gasteiger partial charge in [0.05, 0.1) is 22.0 Å². The summed E-state index contributed by atoms with van der Waals surface area (Å²) in [6, 6.07) is 4.15. The lowest BCUT2D eigenvalue weighted by atomic mass is 10.1. The Balaban J connectivity index is 2.41. The molecule has 18 heavy (non-hydrogen) atoms. The van der Waals surface area contributed by atoms with Crippen molar-refractivity contribution >= 4 is 48.9 Å². The van der Waals surface area contributed by atoms with E-state index in [0.717, 1.165) is 20.3 Å². The van der Waals surface area contributed by atoms with Gasteiger partial charge in [0.2, 0.25) is 0 Å². The zero-order valence-electron chi connectivity index (χ0n) is 10.1. The van der Waals surface area contributed by atoms with Crippen LogP contribution in [0.5, 0.6) is 0 Å². The lowest BCUT2D eigenvalue weighted by Crippen LogP contribution is -1.99. The molecule has 1 heterocycles. The molecule has 0 spiro atoms. The molecule has 0 atom stereocenters. The molecule has 0 aliphatic heterocycles. The number of hydrogen-bond donors (Lipinski definition) is 2. The van der Waals surface area contributed by atoms with Gasteiger partial charge in [-0.05, 0) is 53.0 Å². The van der Waals surface area contributed by atoms with Crippen LogP contribution in [0.4, 0.5) is 17.1 Å². The number of pyridine rings is 1. The number of halogens is 2. The van der Waals surface area contributed by atoms with Gasteiger partial charge in [0.25, 0.3) is 0 Å². The molecule has 0 unspecified atom stereocenters. The van der Waals surface area contributed by atoms with Crippen molar-refractivity contribution in [3.8, 4) is 0 Å². The number of rotatable bonds is 2. The molecule has 0 amide bonds. The average Bonchev–Trinajstić information content (AvgIpc) is 2.31. The maximum Gasteiger partial charge on any atom is 0.0794 e. The summed E-state index contributed by atoms with van der Waals surface area (Å²) in [5.41, 5.74) is 10.7. The van der Waals surface area contributed by atoms with Crippen molar-refractivity contribution in [3.63, 3.8) is 0 Å². The molecule has 3 nitrogen and oxygen atoms in total. The van der Waals surface area contributed by atoms with Crippen LogP contribution in [0.15, 0.2) is 33.5 Å². The maximum atomic E-state index is 5.91. The van der Waals surface area contributed by atoms with Crippen molar-refractivity contribution in [1.29, 1.82) is 0 Å². The molecule has 94 valence electrons. The largest absolute Gasteiger partial charge is 0.396 e. The molecule has 0 bridgehead atoms. The maximum absolute atomic E-state index is 5.91. The first-order valence-corrected chi connectivity index (χ1v) is 7.00. The van der Waals surface area contributed by atoms with E-state index >= 15 is 0 Å². The van der Waals surface area contributed by atoms with E-state index in [1.807, 2.05) is 0 Å². The number of aryl methyl sites for hydroxylation is 2. The summed E-state index contributed by atoms with van der Waals surface area (Å²) in [6.45, 7) is 4.13. The Hall–Kier alpha value is -1.07. The number of nitrogens with two attached hydrogens (primary N) is 1. The normalized spacial score (nSPS) is 10.4. The number of anilines is 3. The second kappa shape index (κ2) is 5.28. The van der Waals surface area contributed by atoms with Gasteiger partial charge in [-0.3, -0.25) is 4.98 Å². The highest BCUT2D eigenvalue weighted by molar-refractivity contribution is 9.11. The van der Waals surface area contributed by atoms with Crippen molar-refractivity contribution in [1.82, 2.24) is 4.98 Å². The zero-order valence-corrected chi connectivity index (χ0v) is 13.3. The summed E-state index contributed by atoms with van der Waals surface area (Å²) in [4.78, 5) is 4.02. The van der Waals surface area contributed by atoms with Gasteiger partial charge in [-0.15, -0.1) is 0 Å². The van der Waals surface area contributed by atoms with Crippen molar-refractivity contribution < 1.29 is 0 Å². The second-order valence-electron chi connectivity index (χ2n) is 4.13. The minimum atomic E-state index is 0.614. The van der Waals surface area contributed by atoms with Gasteiger partial charge in [-0.2, -0.15) is 0 Å². The second-order valence-corrected chi connectivity index (χ2v) is 5.78. The van der Waals surface area contributed by atoms with Crippen molar-refractivity contribution in [2.45, 2.75) is 13.8 Å². The lowest BCUT2D eigenvalue weighted by Gasteiger charge is -2.13. The van der Waals surface area contributed by atoms with Crippen molar-refractivity contribution in [3.05, 3.63) is 44.6 Å². The van der Waals surface area contributed by atoms with Crippen molar-refractivity contribution in [2.75, 3.05) is 11.1 Å². The van der Waals surface area contributed by atoms with E-state index in [1.165, 1.54) is 11.1 Å². The lowest BCUT2D eigenvalue weighted by molar-refractivity contribution is 1.30. The van der Waals surface area contributed by atoms with Gasteiger partial charge in [-0.1, -0.05) is 15.9 Å². The smallest absolute Gasteiger partial charge is 0.0794 e. The minimum absolute atomic E-state index is 0.614. The van der Waals surface area contributed by atoms with E-state index in [4.69, 9.17) is 5.73 Å². The SMILES string of the molecule is Cc1cc(Nc2c(N)cncc2Br)cc(C)c1Br. The summed E-state index contributed by atoms with van der Waals surface area (Å²) in [6.07, 6.45) is 3.35. The first-order valence-electron chi connectivity index (χ1n) is 5.42. The van der Waals surface area contributed by atoms with Crippen LogP contribution in [-0.2, 0) is 0 Å². The van der Waals surface area contributed by atoms with Gasteiger partial charge < -0.3 is 11.1 Å². The highest BCUT2D eigenvalue weighted by Gasteiger charge is 2.07. The quantitative estimate of drug-likeness (QED) is 0.815. The summed E-state index contributed by atoms with van der Waals surface area (Å²) in [7, 11) is 0. The third-order valence-electron chi connectivity index (χ3n) is 2.63. The number of nitrogens with zero attached hydrogens (tertiary/aromatic N) is 1. The van der Waals surface area contributed by atoms with Gasteiger partial charge in [0.15, 0.2) is 0 Å². The number of nitrogens with one attached hydrogen (secondary N) is 1. The first-order chi connectivity index (χ1) is 8.49. The number of benzene rings is 1. The van der Waals surface area contributed by atoms with Crippen LogP contribution in [-0.4, -0.2) is 4.98 Å². The van der Waals surface area contributed by atoms with Gasteiger partial charge >= 0.3 is 0 Å². The Labute approximate surface area is 123 Å². The fourth-order valence-electron chi connectivity index (χ4n) is 1.74. The molecule has 5 heteroatoms. The van der Waals surface area contributed by atoms with Crippen LogP contribution in [0.25, 0.3) is 0 Å². The van der Waals surface area contributed by atoms with E-state index in [9.17, 15) is 0 Å². The topological polar surface area (TPSA) is 50.9 Å². The molecule has 3 N–H and O–H groups in total. The standard InChI is InChI=1S/C13H13Br2N3/c1-7-3-9(4-8(2)12(7)15)18-13-10(14)5-17-6-11(13)16/h3-6H,16H2,1-2H3,(H,17,18). The summed E-state index contributed by atoms with van der Waals surface area (Å²) in [5.74, 6) is 0. The van der Waals surface area contributed by atoms with Gasteiger partial charge in [0, 0.05) is 16.4 Å². The third kappa shape index (κ3) is 2.67. The number of hydrogen-bond acceptors (Lipinski definition) is 3. The molecule has 0 saturated heterocycles. The molecule has 1 aromatic carbocycles. The van der Waals surface area contributed by atoms with E-state index in [1.54, 1.807) is 12.4 Å². The molecule has 2 rings (SSSR count). The van der Waals surface area contributed by atoms with Crippen LogP contribution >= 0.6 is 31.9 Å². The van der Waals surface area contributed by atoms with E-state index in [-0.39, 0.29) is 0 Å². The number of aromatic nitrogens is 1. The fourth-order valence-corrected chi connectivity index (χ4v) is 2.42. The average molecular weight is 371 g/mol. The molecule has 0 aliphatic rings. The van der Waals surface area contributed by atoms with Crippen LogP contribution in [0.2, 0.25) is 0 Å². The molecule has 0 saturated carbocycles. The Morgan fingerprint density at radius 2 is 1.72 bits per heavy atom. The first kappa shape index (κ1) is 13.4. The Bertz CT molecular complexity index is 554. The summed E-state index contributed by atoms with van der Waals surface area (Å²) >= 11 is 7.00. The van der Waals surface area contributed by atoms with Crippen molar-refractivity contribution in [2.24, 2.45) is 0 Å². The predicted molar refractivity (Wildman–Crippen MR) is 83.2 cm³/mol. The molecule has 0 aliphatic carbocycles. The molecule has 0 radical (unpaired) electrons. The highest BCUT2D eigenvalue weighted by atomic mass is 79.9. The summed E-state index contributed by atoms with van der Waals surface area (Å²) in [5, 5.41) is 3.32. The molecule has 0 fully saturated rings. The van der Waals surface area contributed by atoms with E-state index in [2.05, 4.69) is 68.1 Å². The third-order valence-corrected chi connectivity index (χ3v) is 4.49.